The SMILES string of the molecule is O=C(c1ccccc1)N1C[C@H]2CC[C@@H](Nc3cccnn3)[C@H]2C1. The molecular weight excluding hydrogens is 288 g/mol. The van der Waals surface area contributed by atoms with Gasteiger partial charge in [-0.2, -0.15) is 5.10 Å². The highest BCUT2D eigenvalue weighted by molar-refractivity contribution is 5.94. The second kappa shape index (κ2) is 5.99. The number of hydrogen-bond donors (Lipinski definition) is 1. The predicted octanol–water partition coefficient (Wildman–Crippen LogP) is 2.44. The van der Waals surface area contributed by atoms with Gasteiger partial charge in [-0.3, -0.25) is 4.79 Å². The Labute approximate surface area is 135 Å². The van der Waals surface area contributed by atoms with Gasteiger partial charge in [0.05, 0.1) is 0 Å². The van der Waals surface area contributed by atoms with E-state index in [0.717, 1.165) is 30.9 Å². The summed E-state index contributed by atoms with van der Waals surface area (Å²) in [5.74, 6) is 2.07. The van der Waals surface area contributed by atoms with E-state index in [9.17, 15) is 4.79 Å². The maximum absolute atomic E-state index is 12.6. The van der Waals surface area contributed by atoms with Crippen LogP contribution in [0.15, 0.2) is 48.7 Å². The molecule has 2 fully saturated rings. The Morgan fingerprint density at radius 3 is 2.74 bits per heavy atom. The average Bonchev–Trinajstić information content (AvgIpc) is 3.18. The minimum atomic E-state index is 0.151. The largest absolute Gasteiger partial charge is 0.365 e. The number of nitrogens with zero attached hydrogens (tertiary/aromatic N) is 3. The van der Waals surface area contributed by atoms with E-state index in [4.69, 9.17) is 0 Å². The van der Waals surface area contributed by atoms with E-state index in [0.29, 0.717) is 17.9 Å². The van der Waals surface area contributed by atoms with Gasteiger partial charge in [0.25, 0.3) is 5.91 Å². The van der Waals surface area contributed by atoms with Crippen molar-refractivity contribution in [1.82, 2.24) is 15.1 Å². The van der Waals surface area contributed by atoms with E-state index in [1.54, 1.807) is 6.20 Å². The lowest BCUT2D eigenvalue weighted by Crippen LogP contribution is -2.33. The number of likely N-dealkylation sites (tertiary alicyclic amines) is 1. The van der Waals surface area contributed by atoms with Crippen LogP contribution in [0.1, 0.15) is 23.2 Å². The van der Waals surface area contributed by atoms with Gasteiger partial charge in [0, 0.05) is 36.8 Å². The average molecular weight is 308 g/mol. The molecule has 1 amide bonds. The van der Waals surface area contributed by atoms with Crippen LogP contribution in [-0.4, -0.2) is 40.1 Å². The van der Waals surface area contributed by atoms with Crippen molar-refractivity contribution in [1.29, 1.82) is 0 Å². The van der Waals surface area contributed by atoms with Gasteiger partial charge >= 0.3 is 0 Å². The highest BCUT2D eigenvalue weighted by Gasteiger charge is 2.44. The first-order chi connectivity index (χ1) is 11.3. The molecule has 0 radical (unpaired) electrons. The summed E-state index contributed by atoms with van der Waals surface area (Å²) in [6, 6.07) is 13.8. The Kier molecular flexibility index (Phi) is 3.69. The molecule has 2 aliphatic rings. The summed E-state index contributed by atoms with van der Waals surface area (Å²) in [6.45, 7) is 1.70. The van der Waals surface area contributed by atoms with Gasteiger partial charge in [-0.25, -0.2) is 0 Å². The Morgan fingerprint density at radius 1 is 1.09 bits per heavy atom. The van der Waals surface area contributed by atoms with Crippen LogP contribution in [0.25, 0.3) is 0 Å². The number of benzene rings is 1. The molecule has 1 saturated heterocycles. The monoisotopic (exact) mass is 308 g/mol. The number of nitrogens with one attached hydrogen (secondary N) is 1. The van der Waals surface area contributed by atoms with Crippen molar-refractivity contribution in [3.05, 3.63) is 54.2 Å². The molecule has 0 spiro atoms. The molecular formula is C18H20N4O. The molecule has 1 saturated carbocycles. The van der Waals surface area contributed by atoms with E-state index in [1.807, 2.05) is 47.4 Å². The lowest BCUT2D eigenvalue weighted by atomic mass is 9.98. The van der Waals surface area contributed by atoms with E-state index in [2.05, 4.69) is 15.5 Å². The van der Waals surface area contributed by atoms with Crippen LogP contribution >= 0.6 is 0 Å². The molecule has 2 heterocycles. The molecule has 23 heavy (non-hydrogen) atoms. The summed E-state index contributed by atoms with van der Waals surface area (Å²) < 4.78 is 0. The first-order valence-electron chi connectivity index (χ1n) is 8.20. The van der Waals surface area contributed by atoms with Crippen molar-refractivity contribution >= 4 is 11.7 Å². The van der Waals surface area contributed by atoms with E-state index < -0.39 is 0 Å². The van der Waals surface area contributed by atoms with Crippen LogP contribution in [0, 0.1) is 11.8 Å². The molecule has 1 aliphatic carbocycles. The first-order valence-corrected chi connectivity index (χ1v) is 8.20. The van der Waals surface area contributed by atoms with Crippen LogP contribution in [0.5, 0.6) is 0 Å². The highest BCUT2D eigenvalue weighted by atomic mass is 16.2. The van der Waals surface area contributed by atoms with Crippen LogP contribution in [-0.2, 0) is 0 Å². The third kappa shape index (κ3) is 2.79. The predicted molar refractivity (Wildman–Crippen MR) is 88.0 cm³/mol. The summed E-state index contributed by atoms with van der Waals surface area (Å²) in [5, 5.41) is 11.5. The van der Waals surface area contributed by atoms with Gasteiger partial charge in [0.15, 0.2) is 0 Å². The smallest absolute Gasteiger partial charge is 0.253 e. The quantitative estimate of drug-likeness (QED) is 0.946. The fraction of sp³-hybridized carbons (Fsp3) is 0.389. The summed E-state index contributed by atoms with van der Waals surface area (Å²) >= 11 is 0. The Hall–Kier alpha value is -2.43. The Bertz CT molecular complexity index is 676. The summed E-state index contributed by atoms with van der Waals surface area (Å²) in [7, 11) is 0. The van der Waals surface area contributed by atoms with Gasteiger partial charge in [-0.05, 0) is 43.0 Å². The Morgan fingerprint density at radius 2 is 1.96 bits per heavy atom. The van der Waals surface area contributed by atoms with Crippen LogP contribution in [0.4, 0.5) is 5.82 Å². The molecule has 118 valence electrons. The van der Waals surface area contributed by atoms with Crippen molar-refractivity contribution in [3.8, 4) is 0 Å². The van der Waals surface area contributed by atoms with Gasteiger partial charge in [-0.15, -0.1) is 5.10 Å². The third-order valence-electron chi connectivity index (χ3n) is 5.07. The maximum atomic E-state index is 12.6. The van der Waals surface area contributed by atoms with Crippen molar-refractivity contribution in [2.75, 3.05) is 18.4 Å². The highest BCUT2D eigenvalue weighted by Crippen LogP contribution is 2.39. The normalized spacial score (nSPS) is 26.1. The topological polar surface area (TPSA) is 58.1 Å². The number of carbonyl (C=O) groups is 1. The minimum Gasteiger partial charge on any atom is -0.365 e. The lowest BCUT2D eigenvalue weighted by molar-refractivity contribution is 0.0780. The van der Waals surface area contributed by atoms with Gasteiger partial charge in [-0.1, -0.05) is 18.2 Å². The van der Waals surface area contributed by atoms with E-state index >= 15 is 0 Å². The first kappa shape index (κ1) is 14.2. The standard InChI is InChI=1S/C18H20N4O/c23-18(13-5-2-1-3-6-13)22-11-14-8-9-16(15(14)12-22)20-17-7-4-10-19-21-17/h1-7,10,14-16H,8-9,11-12H2,(H,20,21)/t14-,15+,16-/m1/s1. The molecule has 2 aromatic rings. The zero-order valence-corrected chi connectivity index (χ0v) is 12.9. The summed E-state index contributed by atoms with van der Waals surface area (Å²) in [5.41, 5.74) is 0.783. The molecule has 1 aromatic carbocycles. The molecule has 0 unspecified atom stereocenters. The number of aromatic nitrogens is 2. The molecule has 1 aliphatic heterocycles. The Balaban J connectivity index is 1.44. The second-order valence-electron chi connectivity index (χ2n) is 6.44. The zero-order valence-electron chi connectivity index (χ0n) is 12.9. The van der Waals surface area contributed by atoms with Crippen molar-refractivity contribution in [2.45, 2.75) is 18.9 Å². The van der Waals surface area contributed by atoms with Crippen molar-refractivity contribution < 1.29 is 4.79 Å². The third-order valence-corrected chi connectivity index (χ3v) is 5.07. The van der Waals surface area contributed by atoms with Gasteiger partial charge in [0.1, 0.15) is 5.82 Å². The fourth-order valence-electron chi connectivity index (χ4n) is 3.94. The fourth-order valence-corrected chi connectivity index (χ4v) is 3.94. The molecule has 5 heteroatoms. The van der Waals surface area contributed by atoms with Crippen molar-refractivity contribution in [2.24, 2.45) is 11.8 Å². The maximum Gasteiger partial charge on any atom is 0.253 e. The van der Waals surface area contributed by atoms with Crippen LogP contribution in [0.3, 0.4) is 0 Å². The molecule has 3 atom stereocenters. The molecule has 1 N–H and O–H groups in total. The minimum absolute atomic E-state index is 0.151. The summed E-state index contributed by atoms with van der Waals surface area (Å²) in [6.07, 6.45) is 3.99. The number of hydrogen-bond acceptors (Lipinski definition) is 4. The number of carbonyl (C=O) groups excluding carboxylic acids is 1. The lowest BCUT2D eigenvalue weighted by Gasteiger charge is -2.22. The van der Waals surface area contributed by atoms with Crippen molar-refractivity contribution in [3.63, 3.8) is 0 Å². The number of anilines is 1. The number of amides is 1. The molecule has 4 rings (SSSR count). The van der Waals surface area contributed by atoms with Crippen LogP contribution < -0.4 is 5.32 Å². The van der Waals surface area contributed by atoms with Crippen LogP contribution in [0.2, 0.25) is 0 Å². The molecule has 0 bridgehead atoms. The second-order valence-corrected chi connectivity index (χ2v) is 6.44. The molecule has 5 nitrogen and oxygen atoms in total. The van der Waals surface area contributed by atoms with E-state index in [-0.39, 0.29) is 5.91 Å². The van der Waals surface area contributed by atoms with Gasteiger partial charge in [0.2, 0.25) is 0 Å². The van der Waals surface area contributed by atoms with E-state index in [1.165, 1.54) is 6.42 Å². The number of fused-ring (bicyclic) bond motifs is 1. The van der Waals surface area contributed by atoms with Gasteiger partial charge < -0.3 is 10.2 Å². The summed E-state index contributed by atoms with van der Waals surface area (Å²) in [4.78, 5) is 14.6. The molecule has 1 aromatic heterocycles. The number of rotatable bonds is 3. The zero-order chi connectivity index (χ0) is 15.6.